The van der Waals surface area contributed by atoms with Crippen LogP contribution in [0.2, 0.25) is 0 Å². The summed E-state index contributed by atoms with van der Waals surface area (Å²) in [6.07, 6.45) is 2.11. The molecule has 0 spiro atoms. The predicted octanol–water partition coefficient (Wildman–Crippen LogP) is -0.179. The van der Waals surface area contributed by atoms with Crippen molar-refractivity contribution in [2.24, 2.45) is 5.92 Å². The summed E-state index contributed by atoms with van der Waals surface area (Å²) in [4.78, 5) is 14.5. The summed E-state index contributed by atoms with van der Waals surface area (Å²) in [5.41, 5.74) is 0. The Balaban J connectivity index is 1.80. The molecule has 2 heterocycles. The van der Waals surface area contributed by atoms with Gasteiger partial charge in [-0.05, 0) is 39.5 Å². The van der Waals surface area contributed by atoms with Crippen molar-refractivity contribution in [3.8, 4) is 0 Å². The molecule has 2 aliphatic heterocycles. The fourth-order valence-electron chi connectivity index (χ4n) is 2.74. The molecule has 0 aromatic heterocycles. The monoisotopic (exact) mass is 255 g/mol. The molecule has 2 aliphatic rings. The van der Waals surface area contributed by atoms with Gasteiger partial charge in [0.2, 0.25) is 5.91 Å². The van der Waals surface area contributed by atoms with Crippen LogP contribution in [0.4, 0.5) is 0 Å². The van der Waals surface area contributed by atoms with E-state index in [2.05, 4.69) is 29.5 Å². The summed E-state index contributed by atoms with van der Waals surface area (Å²) < 4.78 is 5.42. The second kappa shape index (κ2) is 6.50. The molecule has 18 heavy (non-hydrogen) atoms. The van der Waals surface area contributed by atoms with Crippen LogP contribution in [0.15, 0.2) is 0 Å². The van der Waals surface area contributed by atoms with Gasteiger partial charge in [-0.3, -0.25) is 4.79 Å². The number of hydrogen-bond donors (Lipinski definition) is 2. The number of rotatable bonds is 4. The van der Waals surface area contributed by atoms with Gasteiger partial charge in [-0.15, -0.1) is 0 Å². The van der Waals surface area contributed by atoms with Gasteiger partial charge in [0.05, 0.1) is 19.1 Å². The lowest BCUT2D eigenvalue weighted by Gasteiger charge is -2.30. The van der Waals surface area contributed by atoms with Crippen molar-refractivity contribution in [1.29, 1.82) is 0 Å². The highest BCUT2D eigenvalue weighted by Crippen LogP contribution is 2.16. The van der Waals surface area contributed by atoms with Gasteiger partial charge in [-0.2, -0.15) is 0 Å². The standard InChI is InChI=1S/C13H25N3O2/c1-3-14-12-9-18-8-11(12)13(17)15-10-4-6-16(2)7-5-10/h10-12,14H,3-9H2,1-2H3,(H,15,17). The van der Waals surface area contributed by atoms with E-state index in [1.54, 1.807) is 0 Å². The van der Waals surface area contributed by atoms with Crippen LogP contribution in [0.5, 0.6) is 0 Å². The van der Waals surface area contributed by atoms with Gasteiger partial charge in [0.1, 0.15) is 0 Å². The molecule has 0 aromatic carbocycles. The Labute approximate surface area is 109 Å². The molecule has 0 bridgehead atoms. The third kappa shape index (κ3) is 3.43. The maximum Gasteiger partial charge on any atom is 0.227 e. The molecule has 104 valence electrons. The number of ether oxygens (including phenoxy) is 1. The Kier molecular flexibility index (Phi) is 4.97. The fourth-order valence-corrected chi connectivity index (χ4v) is 2.74. The molecular formula is C13H25N3O2. The lowest BCUT2D eigenvalue weighted by molar-refractivity contribution is -0.126. The molecule has 5 heteroatoms. The van der Waals surface area contributed by atoms with Crippen molar-refractivity contribution < 1.29 is 9.53 Å². The van der Waals surface area contributed by atoms with Crippen LogP contribution in [0.1, 0.15) is 19.8 Å². The van der Waals surface area contributed by atoms with Crippen LogP contribution in [-0.2, 0) is 9.53 Å². The van der Waals surface area contributed by atoms with Crippen molar-refractivity contribution >= 4 is 5.91 Å². The molecule has 5 nitrogen and oxygen atoms in total. The predicted molar refractivity (Wildman–Crippen MR) is 70.4 cm³/mol. The van der Waals surface area contributed by atoms with Crippen LogP contribution < -0.4 is 10.6 Å². The van der Waals surface area contributed by atoms with Gasteiger partial charge < -0.3 is 20.3 Å². The maximum atomic E-state index is 12.2. The van der Waals surface area contributed by atoms with E-state index < -0.39 is 0 Å². The number of hydrogen-bond acceptors (Lipinski definition) is 4. The molecule has 2 N–H and O–H groups in total. The number of piperidine rings is 1. The first-order chi connectivity index (χ1) is 8.70. The van der Waals surface area contributed by atoms with Crippen molar-refractivity contribution in [1.82, 2.24) is 15.5 Å². The Morgan fingerprint density at radius 3 is 2.72 bits per heavy atom. The number of likely N-dealkylation sites (tertiary alicyclic amines) is 1. The fraction of sp³-hybridized carbons (Fsp3) is 0.923. The van der Waals surface area contributed by atoms with E-state index in [1.807, 2.05) is 0 Å². The first-order valence-electron chi connectivity index (χ1n) is 7.00. The summed E-state index contributed by atoms with van der Waals surface area (Å²) in [5, 5.41) is 6.51. The Morgan fingerprint density at radius 1 is 1.33 bits per heavy atom. The molecule has 2 rings (SSSR count). The van der Waals surface area contributed by atoms with E-state index in [0.717, 1.165) is 32.5 Å². The second-order valence-electron chi connectivity index (χ2n) is 5.39. The van der Waals surface area contributed by atoms with Gasteiger partial charge in [0, 0.05) is 12.1 Å². The minimum atomic E-state index is -0.0235. The number of carbonyl (C=O) groups excluding carboxylic acids is 1. The Morgan fingerprint density at radius 2 is 2.06 bits per heavy atom. The van der Waals surface area contributed by atoms with Crippen LogP contribution in [0, 0.1) is 5.92 Å². The second-order valence-corrected chi connectivity index (χ2v) is 5.39. The third-order valence-electron chi connectivity index (χ3n) is 3.95. The highest BCUT2D eigenvalue weighted by atomic mass is 16.5. The first-order valence-corrected chi connectivity index (χ1v) is 7.00. The van der Waals surface area contributed by atoms with Crippen LogP contribution in [0.3, 0.4) is 0 Å². The van der Waals surface area contributed by atoms with E-state index in [-0.39, 0.29) is 17.9 Å². The van der Waals surface area contributed by atoms with Crippen molar-refractivity contribution in [3.63, 3.8) is 0 Å². The van der Waals surface area contributed by atoms with E-state index in [1.165, 1.54) is 0 Å². The molecular weight excluding hydrogens is 230 g/mol. The first kappa shape index (κ1) is 13.8. The van der Waals surface area contributed by atoms with Crippen LogP contribution in [0.25, 0.3) is 0 Å². The molecule has 2 fully saturated rings. The number of nitrogens with one attached hydrogen (secondary N) is 2. The van der Waals surface area contributed by atoms with E-state index in [4.69, 9.17) is 4.74 Å². The lowest BCUT2D eigenvalue weighted by Crippen LogP contribution is -2.49. The van der Waals surface area contributed by atoms with Crippen molar-refractivity contribution in [3.05, 3.63) is 0 Å². The zero-order valence-electron chi connectivity index (χ0n) is 11.4. The van der Waals surface area contributed by atoms with Crippen molar-refractivity contribution in [2.45, 2.75) is 31.8 Å². The molecule has 0 aromatic rings. The average molecular weight is 255 g/mol. The average Bonchev–Trinajstić information content (AvgIpc) is 2.81. The van der Waals surface area contributed by atoms with Gasteiger partial charge in [-0.1, -0.05) is 6.92 Å². The Hall–Kier alpha value is -0.650. The number of likely N-dealkylation sites (N-methyl/N-ethyl adjacent to an activating group) is 1. The summed E-state index contributed by atoms with van der Waals surface area (Å²) in [6.45, 7) is 6.29. The van der Waals surface area contributed by atoms with Crippen LogP contribution in [-0.4, -0.2) is 62.8 Å². The molecule has 0 aliphatic carbocycles. The minimum Gasteiger partial charge on any atom is -0.379 e. The van der Waals surface area contributed by atoms with E-state index >= 15 is 0 Å². The SMILES string of the molecule is CCNC1COCC1C(=O)NC1CCN(C)CC1. The molecule has 2 saturated heterocycles. The quantitative estimate of drug-likeness (QED) is 0.732. The molecule has 2 atom stereocenters. The molecule has 2 unspecified atom stereocenters. The lowest BCUT2D eigenvalue weighted by atomic mass is 10.00. The third-order valence-corrected chi connectivity index (χ3v) is 3.95. The zero-order valence-corrected chi connectivity index (χ0v) is 11.4. The summed E-state index contributed by atoms with van der Waals surface area (Å²) >= 11 is 0. The highest BCUT2D eigenvalue weighted by Gasteiger charge is 2.34. The van der Waals surface area contributed by atoms with Crippen molar-refractivity contribution in [2.75, 3.05) is 39.9 Å². The Bertz CT molecular complexity index is 277. The number of carbonyl (C=O) groups is 1. The largest absolute Gasteiger partial charge is 0.379 e. The van der Waals surface area contributed by atoms with E-state index in [0.29, 0.717) is 19.3 Å². The zero-order chi connectivity index (χ0) is 13.0. The topological polar surface area (TPSA) is 53.6 Å². The van der Waals surface area contributed by atoms with Gasteiger partial charge in [0.25, 0.3) is 0 Å². The summed E-state index contributed by atoms with van der Waals surface area (Å²) in [7, 11) is 2.13. The maximum absolute atomic E-state index is 12.2. The molecule has 0 radical (unpaired) electrons. The van der Waals surface area contributed by atoms with E-state index in [9.17, 15) is 4.79 Å². The highest BCUT2D eigenvalue weighted by molar-refractivity contribution is 5.80. The number of nitrogens with zero attached hydrogens (tertiary/aromatic N) is 1. The van der Waals surface area contributed by atoms with Crippen LogP contribution >= 0.6 is 0 Å². The minimum absolute atomic E-state index is 0.0235. The molecule has 1 amide bonds. The van der Waals surface area contributed by atoms with Gasteiger partial charge in [-0.25, -0.2) is 0 Å². The van der Waals surface area contributed by atoms with Gasteiger partial charge >= 0.3 is 0 Å². The number of amides is 1. The van der Waals surface area contributed by atoms with Gasteiger partial charge in [0.15, 0.2) is 0 Å². The summed E-state index contributed by atoms with van der Waals surface area (Å²) in [6, 6.07) is 0.526. The smallest absolute Gasteiger partial charge is 0.227 e. The molecule has 0 saturated carbocycles. The normalized spacial score (nSPS) is 30.6. The summed E-state index contributed by atoms with van der Waals surface area (Å²) in [5.74, 6) is 0.137.